The third-order valence-electron chi connectivity index (χ3n) is 3.53. The Balaban J connectivity index is 4.47. The summed E-state index contributed by atoms with van der Waals surface area (Å²) in [4.78, 5) is 0. The molecule has 3 heteroatoms. The number of halogens is 3. The minimum Gasteiger partial charge on any atom is -0.171 e. The van der Waals surface area contributed by atoms with Crippen molar-refractivity contribution in [1.82, 2.24) is 0 Å². The Labute approximate surface area is 84.9 Å². The number of rotatable bonds is 4. The molecule has 86 valence electrons. The van der Waals surface area contributed by atoms with Crippen molar-refractivity contribution in [3.8, 4) is 0 Å². The third-order valence-corrected chi connectivity index (χ3v) is 3.53. The molecular formula is C11H21F3. The van der Waals surface area contributed by atoms with Crippen LogP contribution in [0.2, 0.25) is 0 Å². The van der Waals surface area contributed by atoms with Crippen LogP contribution >= 0.6 is 0 Å². The van der Waals surface area contributed by atoms with Crippen molar-refractivity contribution in [2.45, 2.75) is 53.6 Å². The van der Waals surface area contributed by atoms with E-state index in [4.69, 9.17) is 0 Å². The summed E-state index contributed by atoms with van der Waals surface area (Å²) in [7, 11) is 0. The van der Waals surface area contributed by atoms with Crippen LogP contribution in [0.1, 0.15) is 47.5 Å². The van der Waals surface area contributed by atoms with E-state index in [0.717, 1.165) is 6.42 Å². The highest BCUT2D eigenvalue weighted by atomic mass is 19.4. The first-order valence-corrected chi connectivity index (χ1v) is 5.20. The van der Waals surface area contributed by atoms with E-state index in [9.17, 15) is 13.2 Å². The predicted molar refractivity (Wildman–Crippen MR) is 53.1 cm³/mol. The lowest BCUT2D eigenvalue weighted by molar-refractivity contribution is -0.179. The topological polar surface area (TPSA) is 0 Å². The Kier molecular flexibility index (Phi) is 4.47. The standard InChI is InChI=1S/C11H21F3/c1-6-10(5,8(2)3)7-9(4)11(12,13)14/h8-9H,6-7H2,1-5H3. The van der Waals surface area contributed by atoms with Gasteiger partial charge in [-0.15, -0.1) is 0 Å². The lowest BCUT2D eigenvalue weighted by Gasteiger charge is -2.35. The molecule has 14 heavy (non-hydrogen) atoms. The normalized spacial score (nSPS) is 19.5. The lowest BCUT2D eigenvalue weighted by Crippen LogP contribution is -2.31. The largest absolute Gasteiger partial charge is 0.391 e. The van der Waals surface area contributed by atoms with Crippen molar-refractivity contribution in [3.05, 3.63) is 0 Å². The van der Waals surface area contributed by atoms with Crippen LogP contribution in [0.5, 0.6) is 0 Å². The second-order valence-electron chi connectivity index (χ2n) is 4.81. The van der Waals surface area contributed by atoms with Crippen LogP contribution in [0.3, 0.4) is 0 Å². The summed E-state index contributed by atoms with van der Waals surface area (Å²) >= 11 is 0. The fourth-order valence-corrected chi connectivity index (χ4v) is 1.60. The Morgan fingerprint density at radius 1 is 1.07 bits per heavy atom. The Bertz CT molecular complexity index is 172. The van der Waals surface area contributed by atoms with Crippen LogP contribution in [-0.4, -0.2) is 6.18 Å². The molecule has 0 N–H and O–H groups in total. The zero-order chi connectivity index (χ0) is 11.6. The van der Waals surface area contributed by atoms with Gasteiger partial charge < -0.3 is 0 Å². The highest BCUT2D eigenvalue weighted by Crippen LogP contribution is 2.42. The van der Waals surface area contributed by atoms with Gasteiger partial charge in [0.15, 0.2) is 0 Å². The Morgan fingerprint density at radius 2 is 1.50 bits per heavy atom. The average Bonchev–Trinajstić information content (AvgIpc) is 2.02. The first kappa shape index (κ1) is 13.8. The molecule has 0 spiro atoms. The van der Waals surface area contributed by atoms with Crippen molar-refractivity contribution in [3.63, 3.8) is 0 Å². The molecule has 0 fully saturated rings. The van der Waals surface area contributed by atoms with Gasteiger partial charge in [0.25, 0.3) is 0 Å². The van der Waals surface area contributed by atoms with Crippen molar-refractivity contribution in [1.29, 1.82) is 0 Å². The predicted octanol–water partition coefficient (Wildman–Crippen LogP) is 4.65. The van der Waals surface area contributed by atoms with Gasteiger partial charge in [-0.3, -0.25) is 0 Å². The van der Waals surface area contributed by atoms with Crippen LogP contribution in [0, 0.1) is 17.3 Å². The van der Waals surface area contributed by atoms with Gasteiger partial charge in [-0.25, -0.2) is 0 Å². The number of hydrogen-bond acceptors (Lipinski definition) is 0. The van der Waals surface area contributed by atoms with E-state index >= 15 is 0 Å². The van der Waals surface area contributed by atoms with Gasteiger partial charge in [0.05, 0.1) is 5.92 Å². The third kappa shape index (κ3) is 3.50. The minimum absolute atomic E-state index is 0.199. The molecule has 0 nitrogen and oxygen atoms in total. The number of alkyl halides is 3. The molecule has 0 amide bonds. The van der Waals surface area contributed by atoms with Gasteiger partial charge in [-0.05, 0) is 17.8 Å². The van der Waals surface area contributed by atoms with E-state index in [-0.39, 0.29) is 17.8 Å². The zero-order valence-corrected chi connectivity index (χ0v) is 9.70. The molecule has 0 aliphatic rings. The van der Waals surface area contributed by atoms with Crippen molar-refractivity contribution < 1.29 is 13.2 Å². The molecule has 0 saturated heterocycles. The van der Waals surface area contributed by atoms with Crippen LogP contribution < -0.4 is 0 Å². The molecule has 0 aliphatic carbocycles. The summed E-state index contributed by atoms with van der Waals surface area (Å²) in [6.07, 6.45) is -3.03. The van der Waals surface area contributed by atoms with Crippen LogP contribution in [0.15, 0.2) is 0 Å². The fourth-order valence-electron chi connectivity index (χ4n) is 1.60. The summed E-state index contributed by atoms with van der Waals surface area (Å²) in [6, 6.07) is 0. The van der Waals surface area contributed by atoms with E-state index in [1.54, 1.807) is 0 Å². The second-order valence-corrected chi connectivity index (χ2v) is 4.81. The van der Waals surface area contributed by atoms with Crippen molar-refractivity contribution >= 4 is 0 Å². The monoisotopic (exact) mass is 210 g/mol. The first-order valence-electron chi connectivity index (χ1n) is 5.20. The summed E-state index contributed by atoms with van der Waals surface area (Å²) in [5, 5.41) is 0. The fraction of sp³-hybridized carbons (Fsp3) is 1.00. The molecule has 2 unspecified atom stereocenters. The molecule has 0 heterocycles. The molecule has 0 saturated carbocycles. The maximum absolute atomic E-state index is 12.4. The summed E-state index contributed by atoms with van der Waals surface area (Å²) < 4.78 is 37.1. The van der Waals surface area contributed by atoms with Crippen LogP contribution in [-0.2, 0) is 0 Å². The maximum atomic E-state index is 12.4. The van der Waals surface area contributed by atoms with Crippen molar-refractivity contribution in [2.75, 3.05) is 0 Å². The highest BCUT2D eigenvalue weighted by Gasteiger charge is 2.41. The van der Waals surface area contributed by atoms with E-state index in [1.807, 2.05) is 27.7 Å². The van der Waals surface area contributed by atoms with Gasteiger partial charge >= 0.3 is 6.18 Å². The van der Waals surface area contributed by atoms with Gasteiger partial charge in [-0.1, -0.05) is 41.0 Å². The van der Waals surface area contributed by atoms with E-state index in [2.05, 4.69) is 0 Å². The van der Waals surface area contributed by atoms with E-state index in [1.165, 1.54) is 6.92 Å². The smallest absolute Gasteiger partial charge is 0.171 e. The summed E-state index contributed by atoms with van der Waals surface area (Å²) in [5.74, 6) is -0.910. The first-order chi connectivity index (χ1) is 6.13. The lowest BCUT2D eigenvalue weighted by atomic mass is 9.71. The van der Waals surface area contributed by atoms with Gasteiger partial charge in [-0.2, -0.15) is 13.2 Å². The minimum atomic E-state index is -4.05. The SMILES string of the molecule is CCC(C)(CC(C)C(F)(F)F)C(C)C. The molecule has 0 aromatic heterocycles. The van der Waals surface area contributed by atoms with Crippen LogP contribution in [0.4, 0.5) is 13.2 Å². The molecule has 0 aliphatic heterocycles. The second kappa shape index (κ2) is 4.54. The zero-order valence-electron chi connectivity index (χ0n) is 9.70. The molecular weight excluding hydrogens is 189 g/mol. The molecule has 0 aromatic carbocycles. The summed E-state index contributed by atoms with van der Waals surface area (Å²) in [6.45, 7) is 9.17. The van der Waals surface area contributed by atoms with E-state index in [0.29, 0.717) is 0 Å². The highest BCUT2D eigenvalue weighted by molar-refractivity contribution is 4.80. The average molecular weight is 210 g/mol. The summed E-state index contributed by atoms with van der Waals surface area (Å²) in [5.41, 5.74) is -0.199. The van der Waals surface area contributed by atoms with Gasteiger partial charge in [0.1, 0.15) is 0 Å². The number of hydrogen-bond donors (Lipinski definition) is 0. The molecule has 0 aromatic rings. The van der Waals surface area contributed by atoms with Gasteiger partial charge in [0, 0.05) is 0 Å². The Hall–Kier alpha value is -0.210. The molecule has 0 bridgehead atoms. The quantitative estimate of drug-likeness (QED) is 0.633. The molecule has 2 atom stereocenters. The van der Waals surface area contributed by atoms with Crippen molar-refractivity contribution in [2.24, 2.45) is 17.3 Å². The Morgan fingerprint density at radius 3 is 1.71 bits per heavy atom. The van der Waals surface area contributed by atoms with Crippen LogP contribution in [0.25, 0.3) is 0 Å². The van der Waals surface area contributed by atoms with Gasteiger partial charge in [0.2, 0.25) is 0 Å². The molecule has 0 radical (unpaired) electrons. The van der Waals surface area contributed by atoms with E-state index < -0.39 is 12.1 Å². The molecule has 0 rings (SSSR count). The maximum Gasteiger partial charge on any atom is 0.391 e.